The van der Waals surface area contributed by atoms with Crippen molar-refractivity contribution in [2.75, 3.05) is 26.7 Å². The number of nitrogens with zero attached hydrogens (tertiary/aromatic N) is 3. The summed E-state index contributed by atoms with van der Waals surface area (Å²) in [6, 6.07) is 11.3. The second-order valence-electron chi connectivity index (χ2n) is 9.48. The van der Waals surface area contributed by atoms with Crippen LogP contribution in [0.5, 0.6) is 5.88 Å². The number of carbonyl (C=O) groups excluding carboxylic acids is 2. The van der Waals surface area contributed by atoms with Gasteiger partial charge in [-0.3, -0.25) is 9.59 Å². The van der Waals surface area contributed by atoms with Crippen LogP contribution in [0.25, 0.3) is 12.2 Å². The highest BCUT2D eigenvalue weighted by Crippen LogP contribution is 2.32. The first-order valence-corrected chi connectivity index (χ1v) is 11.9. The van der Waals surface area contributed by atoms with E-state index in [1.165, 1.54) is 0 Å². The van der Waals surface area contributed by atoms with Gasteiger partial charge in [0.25, 0.3) is 5.91 Å². The normalized spacial score (nSPS) is 21.4. The summed E-state index contributed by atoms with van der Waals surface area (Å²) < 4.78 is 6.28. The monoisotopic (exact) mass is 463 g/mol. The van der Waals surface area contributed by atoms with E-state index in [0.717, 1.165) is 24.0 Å². The maximum Gasteiger partial charge on any atom is 0.259 e. The van der Waals surface area contributed by atoms with E-state index in [1.807, 2.05) is 56.3 Å². The Morgan fingerprint density at radius 2 is 1.97 bits per heavy atom. The molecule has 2 aromatic rings. The minimum Gasteiger partial charge on any atom is -0.472 e. The number of likely N-dealkylation sites (N-methyl/N-ethyl adjacent to an activating group) is 1. The topological polar surface area (TPSA) is 83.0 Å². The van der Waals surface area contributed by atoms with Crippen molar-refractivity contribution in [3.8, 4) is 5.88 Å². The Balaban J connectivity index is 1.64. The minimum absolute atomic E-state index is 0.0555. The Bertz CT molecular complexity index is 1050. The van der Waals surface area contributed by atoms with E-state index in [0.29, 0.717) is 18.7 Å². The molecule has 1 aromatic carbocycles. The van der Waals surface area contributed by atoms with Gasteiger partial charge in [-0.05, 0) is 37.0 Å². The SMILES string of the molecule is C[C@H](CO)N1C[C@H](C)[C@@H](CN(C)C(=O)C2CC2)Oc2ncc(/C=C/c3ccccc3)cc2C1=O. The van der Waals surface area contributed by atoms with Crippen LogP contribution in [0.1, 0.15) is 48.2 Å². The van der Waals surface area contributed by atoms with Gasteiger partial charge in [0.2, 0.25) is 11.8 Å². The number of ether oxygens (including phenoxy) is 1. The van der Waals surface area contributed by atoms with Crippen molar-refractivity contribution >= 4 is 24.0 Å². The smallest absolute Gasteiger partial charge is 0.259 e. The molecule has 7 nitrogen and oxygen atoms in total. The summed E-state index contributed by atoms with van der Waals surface area (Å²) in [4.78, 5) is 34.0. The molecule has 3 atom stereocenters. The summed E-state index contributed by atoms with van der Waals surface area (Å²) in [7, 11) is 1.81. The molecule has 7 heteroatoms. The number of fused-ring (bicyclic) bond motifs is 1. The van der Waals surface area contributed by atoms with Crippen LogP contribution in [-0.4, -0.2) is 70.6 Å². The molecular weight excluding hydrogens is 430 g/mol. The van der Waals surface area contributed by atoms with Crippen LogP contribution in [0, 0.1) is 11.8 Å². The first kappa shape index (κ1) is 24.0. The first-order valence-electron chi connectivity index (χ1n) is 11.9. The number of hydrogen-bond donors (Lipinski definition) is 1. The summed E-state index contributed by atoms with van der Waals surface area (Å²) in [6.45, 7) is 4.53. The fourth-order valence-electron chi connectivity index (χ4n) is 4.19. The van der Waals surface area contributed by atoms with Crippen LogP contribution in [0.2, 0.25) is 0 Å². The van der Waals surface area contributed by atoms with Crippen molar-refractivity contribution in [1.29, 1.82) is 0 Å². The van der Waals surface area contributed by atoms with Crippen LogP contribution in [0.4, 0.5) is 0 Å². The number of rotatable bonds is 7. The fourth-order valence-corrected chi connectivity index (χ4v) is 4.19. The number of benzene rings is 1. The quantitative estimate of drug-likeness (QED) is 0.681. The molecule has 2 aliphatic rings. The third-order valence-corrected chi connectivity index (χ3v) is 6.57. The number of aliphatic hydroxyl groups excluding tert-OH is 1. The predicted molar refractivity (Wildman–Crippen MR) is 131 cm³/mol. The summed E-state index contributed by atoms with van der Waals surface area (Å²) in [5.74, 6) is 0.266. The lowest BCUT2D eigenvalue weighted by atomic mass is 9.99. The molecule has 2 amide bonds. The number of pyridine rings is 1. The highest BCUT2D eigenvalue weighted by molar-refractivity contribution is 5.97. The molecule has 1 aliphatic carbocycles. The Morgan fingerprint density at radius 3 is 2.65 bits per heavy atom. The van der Waals surface area contributed by atoms with E-state index in [-0.39, 0.29) is 48.3 Å². The Labute approximate surface area is 201 Å². The van der Waals surface area contributed by atoms with Gasteiger partial charge < -0.3 is 19.6 Å². The molecule has 4 rings (SSSR count). The molecule has 1 N–H and O–H groups in total. The number of aliphatic hydroxyl groups is 1. The van der Waals surface area contributed by atoms with Gasteiger partial charge in [0, 0.05) is 31.6 Å². The van der Waals surface area contributed by atoms with Crippen molar-refractivity contribution in [3.05, 3.63) is 59.3 Å². The molecule has 1 aliphatic heterocycles. The average molecular weight is 464 g/mol. The molecule has 1 fully saturated rings. The van der Waals surface area contributed by atoms with E-state index in [9.17, 15) is 14.7 Å². The summed E-state index contributed by atoms with van der Waals surface area (Å²) >= 11 is 0. The highest BCUT2D eigenvalue weighted by atomic mass is 16.5. The molecule has 0 spiro atoms. The zero-order valence-corrected chi connectivity index (χ0v) is 20.1. The van der Waals surface area contributed by atoms with Gasteiger partial charge in [0.05, 0.1) is 19.2 Å². The summed E-state index contributed by atoms with van der Waals surface area (Å²) in [5.41, 5.74) is 2.19. The van der Waals surface area contributed by atoms with Gasteiger partial charge in [-0.25, -0.2) is 4.98 Å². The molecule has 34 heavy (non-hydrogen) atoms. The standard InChI is InChI=1S/C27H33N3O4/c1-18-15-30(19(2)17-31)27(33)23-13-21(10-9-20-7-5-4-6-8-20)14-28-25(23)34-24(18)16-29(3)26(32)22-11-12-22/h4-10,13-14,18-19,22,24,31H,11-12,15-17H2,1-3H3/b10-9+/t18-,19+,24+/m0/s1. The fraction of sp³-hybridized carbons (Fsp3) is 0.444. The molecule has 2 heterocycles. The molecule has 1 aromatic heterocycles. The summed E-state index contributed by atoms with van der Waals surface area (Å²) in [6.07, 6.45) is 7.14. The minimum atomic E-state index is -0.351. The van der Waals surface area contributed by atoms with Crippen LogP contribution in [0.15, 0.2) is 42.6 Å². The molecule has 0 saturated heterocycles. The molecule has 0 unspecified atom stereocenters. The van der Waals surface area contributed by atoms with Crippen molar-refractivity contribution in [3.63, 3.8) is 0 Å². The van der Waals surface area contributed by atoms with E-state index in [2.05, 4.69) is 4.98 Å². The number of hydrogen-bond acceptors (Lipinski definition) is 5. The Morgan fingerprint density at radius 1 is 1.26 bits per heavy atom. The van der Waals surface area contributed by atoms with E-state index in [1.54, 1.807) is 29.1 Å². The Hall–Kier alpha value is -3.19. The third-order valence-electron chi connectivity index (χ3n) is 6.57. The van der Waals surface area contributed by atoms with Gasteiger partial charge >= 0.3 is 0 Å². The van der Waals surface area contributed by atoms with E-state index >= 15 is 0 Å². The van der Waals surface area contributed by atoms with Gasteiger partial charge in [-0.15, -0.1) is 0 Å². The number of amides is 2. The van der Waals surface area contributed by atoms with Gasteiger partial charge in [0.1, 0.15) is 11.7 Å². The number of carbonyl (C=O) groups is 2. The number of aromatic nitrogens is 1. The lowest BCUT2D eigenvalue weighted by molar-refractivity contribution is -0.132. The average Bonchev–Trinajstić information content (AvgIpc) is 3.70. The molecule has 0 radical (unpaired) electrons. The predicted octanol–water partition coefficient (Wildman–Crippen LogP) is 3.34. The lowest BCUT2D eigenvalue weighted by Gasteiger charge is -2.37. The zero-order chi connectivity index (χ0) is 24.2. The van der Waals surface area contributed by atoms with E-state index in [4.69, 9.17) is 4.74 Å². The van der Waals surface area contributed by atoms with E-state index < -0.39 is 0 Å². The summed E-state index contributed by atoms with van der Waals surface area (Å²) in [5, 5.41) is 9.81. The second-order valence-corrected chi connectivity index (χ2v) is 9.48. The van der Waals surface area contributed by atoms with Crippen LogP contribution >= 0.6 is 0 Å². The van der Waals surface area contributed by atoms with Crippen LogP contribution < -0.4 is 4.74 Å². The second kappa shape index (κ2) is 10.4. The van der Waals surface area contributed by atoms with Gasteiger partial charge in [-0.1, -0.05) is 49.4 Å². The maximum absolute atomic E-state index is 13.5. The molecule has 180 valence electrons. The molecule has 1 saturated carbocycles. The van der Waals surface area contributed by atoms with Gasteiger partial charge in [0.15, 0.2) is 0 Å². The molecule has 0 bridgehead atoms. The lowest BCUT2D eigenvalue weighted by Crippen LogP contribution is -2.50. The Kier molecular flexibility index (Phi) is 7.32. The van der Waals surface area contributed by atoms with Crippen molar-refractivity contribution in [1.82, 2.24) is 14.8 Å². The highest BCUT2D eigenvalue weighted by Gasteiger charge is 2.37. The molecular formula is C27H33N3O4. The van der Waals surface area contributed by atoms with Crippen LogP contribution in [-0.2, 0) is 4.79 Å². The largest absolute Gasteiger partial charge is 0.472 e. The van der Waals surface area contributed by atoms with Crippen LogP contribution in [0.3, 0.4) is 0 Å². The zero-order valence-electron chi connectivity index (χ0n) is 20.1. The van der Waals surface area contributed by atoms with Crippen molar-refractivity contribution in [2.45, 2.75) is 38.8 Å². The van der Waals surface area contributed by atoms with Gasteiger partial charge in [-0.2, -0.15) is 0 Å². The third kappa shape index (κ3) is 5.47. The first-order chi connectivity index (χ1) is 16.4. The van der Waals surface area contributed by atoms with Crippen molar-refractivity contribution in [2.24, 2.45) is 11.8 Å². The maximum atomic E-state index is 13.5. The van der Waals surface area contributed by atoms with Crippen molar-refractivity contribution < 1.29 is 19.4 Å².